The first-order valence-corrected chi connectivity index (χ1v) is 9.70. The third kappa shape index (κ3) is 4.21. The molecule has 2 unspecified atom stereocenters. The second kappa shape index (κ2) is 8.19. The second-order valence-electron chi connectivity index (χ2n) is 7.83. The number of rotatable bonds is 6. The van der Waals surface area contributed by atoms with Crippen molar-refractivity contribution in [1.82, 2.24) is 10.2 Å². The van der Waals surface area contributed by atoms with Crippen LogP contribution >= 0.6 is 0 Å². The summed E-state index contributed by atoms with van der Waals surface area (Å²) < 4.78 is 5.68. The van der Waals surface area contributed by atoms with Crippen LogP contribution < -0.4 is 5.32 Å². The van der Waals surface area contributed by atoms with Gasteiger partial charge in [0.15, 0.2) is 0 Å². The van der Waals surface area contributed by atoms with E-state index in [9.17, 15) is 4.79 Å². The van der Waals surface area contributed by atoms with E-state index in [1.54, 1.807) is 6.26 Å². The van der Waals surface area contributed by atoms with Crippen molar-refractivity contribution < 1.29 is 9.21 Å². The Balaban J connectivity index is 1.58. The van der Waals surface area contributed by atoms with Gasteiger partial charge in [0.1, 0.15) is 5.76 Å². The number of likely N-dealkylation sites (tertiary alicyclic amines) is 1. The maximum Gasteiger partial charge on any atom is 0.223 e. The summed E-state index contributed by atoms with van der Waals surface area (Å²) in [6, 6.07) is 4.14. The Bertz CT molecular complexity index is 500. The molecule has 1 aromatic heterocycles. The van der Waals surface area contributed by atoms with Gasteiger partial charge < -0.3 is 9.73 Å². The minimum atomic E-state index is 0.131. The Kier molecular flexibility index (Phi) is 5.99. The maximum atomic E-state index is 12.6. The summed E-state index contributed by atoms with van der Waals surface area (Å²) in [7, 11) is 0. The Labute approximate surface area is 146 Å². The van der Waals surface area contributed by atoms with Crippen LogP contribution in [0.15, 0.2) is 22.8 Å². The molecule has 134 valence electrons. The van der Waals surface area contributed by atoms with E-state index in [1.807, 2.05) is 12.1 Å². The van der Waals surface area contributed by atoms with E-state index in [0.29, 0.717) is 12.5 Å². The molecule has 1 aliphatic heterocycles. The van der Waals surface area contributed by atoms with Crippen molar-refractivity contribution in [2.75, 3.05) is 19.6 Å². The lowest BCUT2D eigenvalue weighted by Crippen LogP contribution is -2.43. The molecule has 2 heterocycles. The first kappa shape index (κ1) is 17.5. The molecule has 2 aliphatic rings. The van der Waals surface area contributed by atoms with Crippen molar-refractivity contribution in [3.05, 3.63) is 24.2 Å². The topological polar surface area (TPSA) is 45.5 Å². The van der Waals surface area contributed by atoms with Crippen LogP contribution in [0.3, 0.4) is 0 Å². The Morgan fingerprint density at radius 3 is 2.62 bits per heavy atom. The predicted molar refractivity (Wildman–Crippen MR) is 95.6 cm³/mol. The summed E-state index contributed by atoms with van der Waals surface area (Å²) >= 11 is 0. The van der Waals surface area contributed by atoms with Gasteiger partial charge in [0, 0.05) is 12.5 Å². The van der Waals surface area contributed by atoms with Crippen LogP contribution in [-0.2, 0) is 4.79 Å². The highest BCUT2D eigenvalue weighted by Gasteiger charge is 2.30. The normalized spacial score (nSPS) is 23.2. The van der Waals surface area contributed by atoms with E-state index >= 15 is 0 Å². The largest absolute Gasteiger partial charge is 0.468 e. The number of carbonyl (C=O) groups excluding carboxylic acids is 1. The Morgan fingerprint density at radius 2 is 2.00 bits per heavy atom. The Hall–Kier alpha value is -1.29. The monoisotopic (exact) mass is 332 g/mol. The number of furan rings is 1. The molecule has 1 saturated carbocycles. The average molecular weight is 332 g/mol. The third-order valence-corrected chi connectivity index (χ3v) is 6.12. The summed E-state index contributed by atoms with van der Waals surface area (Å²) in [6.07, 6.45) is 9.16. The van der Waals surface area contributed by atoms with Crippen LogP contribution in [0.4, 0.5) is 0 Å². The van der Waals surface area contributed by atoms with E-state index in [1.165, 1.54) is 38.5 Å². The van der Waals surface area contributed by atoms with Gasteiger partial charge in [-0.25, -0.2) is 0 Å². The molecule has 1 saturated heterocycles. The molecular weight excluding hydrogens is 300 g/mol. The molecular formula is C20H32N2O2. The number of nitrogens with one attached hydrogen (secondary N) is 1. The van der Waals surface area contributed by atoms with Crippen LogP contribution in [0.1, 0.15) is 64.2 Å². The molecule has 24 heavy (non-hydrogen) atoms. The molecule has 1 N–H and O–H groups in total. The zero-order valence-electron chi connectivity index (χ0n) is 15.2. The number of carbonyl (C=O) groups is 1. The minimum absolute atomic E-state index is 0.131. The molecule has 0 bridgehead atoms. The van der Waals surface area contributed by atoms with Crippen LogP contribution in [-0.4, -0.2) is 30.4 Å². The molecule has 4 nitrogen and oxygen atoms in total. The van der Waals surface area contributed by atoms with Crippen molar-refractivity contribution in [2.45, 2.75) is 58.4 Å². The first-order chi connectivity index (χ1) is 11.6. The van der Waals surface area contributed by atoms with Crippen molar-refractivity contribution >= 4 is 5.91 Å². The van der Waals surface area contributed by atoms with Gasteiger partial charge in [-0.3, -0.25) is 9.69 Å². The van der Waals surface area contributed by atoms with Crippen molar-refractivity contribution in [3.8, 4) is 0 Å². The van der Waals surface area contributed by atoms with E-state index < -0.39 is 0 Å². The highest BCUT2D eigenvalue weighted by Crippen LogP contribution is 2.31. The summed E-state index contributed by atoms with van der Waals surface area (Å²) in [4.78, 5) is 15.1. The molecule has 0 aromatic carbocycles. The number of amides is 1. The average Bonchev–Trinajstić information content (AvgIpc) is 3.29. The van der Waals surface area contributed by atoms with Crippen LogP contribution in [0.25, 0.3) is 0 Å². The zero-order valence-corrected chi connectivity index (χ0v) is 15.2. The van der Waals surface area contributed by atoms with Gasteiger partial charge in [0.05, 0.1) is 12.3 Å². The molecule has 0 radical (unpaired) electrons. The standard InChI is InChI=1S/C20H32N2O2/c1-15-9-11-22(12-10-15)18(19-8-5-13-24-19)14-21-20(23)16(2)17-6-3-4-7-17/h5,8,13,15-18H,3-4,6-7,9-12,14H2,1-2H3,(H,21,23). The fraction of sp³-hybridized carbons (Fsp3) is 0.750. The Morgan fingerprint density at radius 1 is 1.29 bits per heavy atom. The fourth-order valence-corrected chi connectivity index (χ4v) is 4.26. The van der Waals surface area contributed by atoms with E-state index in [-0.39, 0.29) is 17.9 Å². The number of nitrogens with zero attached hydrogens (tertiary/aromatic N) is 1. The minimum Gasteiger partial charge on any atom is -0.468 e. The molecule has 2 fully saturated rings. The molecule has 4 heteroatoms. The summed E-state index contributed by atoms with van der Waals surface area (Å²) in [5.74, 6) is 2.69. The lowest BCUT2D eigenvalue weighted by atomic mass is 9.92. The van der Waals surface area contributed by atoms with Crippen LogP contribution in [0.5, 0.6) is 0 Å². The second-order valence-corrected chi connectivity index (χ2v) is 7.83. The van der Waals surface area contributed by atoms with Crippen molar-refractivity contribution in [3.63, 3.8) is 0 Å². The van der Waals surface area contributed by atoms with E-state index in [4.69, 9.17) is 4.42 Å². The van der Waals surface area contributed by atoms with Gasteiger partial charge in [-0.1, -0.05) is 26.7 Å². The third-order valence-electron chi connectivity index (χ3n) is 6.12. The summed E-state index contributed by atoms with van der Waals surface area (Å²) in [5.41, 5.74) is 0. The molecule has 1 amide bonds. The summed E-state index contributed by atoms with van der Waals surface area (Å²) in [5, 5.41) is 3.22. The van der Waals surface area contributed by atoms with Gasteiger partial charge in [0.2, 0.25) is 5.91 Å². The molecule has 1 aromatic rings. The first-order valence-electron chi connectivity index (χ1n) is 9.70. The SMILES string of the molecule is CC1CCN(C(CNC(=O)C(C)C2CCCC2)c2ccco2)CC1. The summed E-state index contributed by atoms with van der Waals surface area (Å²) in [6.45, 7) is 7.24. The number of hydrogen-bond acceptors (Lipinski definition) is 3. The smallest absolute Gasteiger partial charge is 0.223 e. The zero-order chi connectivity index (χ0) is 16.9. The van der Waals surface area contributed by atoms with Crippen molar-refractivity contribution in [2.24, 2.45) is 17.8 Å². The quantitative estimate of drug-likeness (QED) is 0.856. The lowest BCUT2D eigenvalue weighted by Gasteiger charge is -2.36. The van der Waals surface area contributed by atoms with Crippen LogP contribution in [0, 0.1) is 17.8 Å². The van der Waals surface area contributed by atoms with E-state index in [0.717, 1.165) is 24.8 Å². The van der Waals surface area contributed by atoms with Gasteiger partial charge in [-0.2, -0.15) is 0 Å². The molecule has 3 rings (SSSR count). The fourth-order valence-electron chi connectivity index (χ4n) is 4.26. The molecule has 2 atom stereocenters. The highest BCUT2D eigenvalue weighted by atomic mass is 16.3. The van der Waals surface area contributed by atoms with Crippen molar-refractivity contribution in [1.29, 1.82) is 0 Å². The van der Waals surface area contributed by atoms with Gasteiger partial charge in [-0.15, -0.1) is 0 Å². The highest BCUT2D eigenvalue weighted by molar-refractivity contribution is 5.78. The number of hydrogen-bond donors (Lipinski definition) is 1. The van der Waals surface area contributed by atoms with E-state index in [2.05, 4.69) is 24.1 Å². The van der Waals surface area contributed by atoms with Gasteiger partial charge >= 0.3 is 0 Å². The molecule has 1 aliphatic carbocycles. The molecule has 0 spiro atoms. The van der Waals surface area contributed by atoms with Crippen LogP contribution in [0.2, 0.25) is 0 Å². The van der Waals surface area contributed by atoms with Gasteiger partial charge in [-0.05, 0) is 62.7 Å². The maximum absolute atomic E-state index is 12.6. The predicted octanol–water partition coefficient (Wildman–Crippen LogP) is 4.00. The van der Waals surface area contributed by atoms with Gasteiger partial charge in [0.25, 0.3) is 0 Å². The lowest BCUT2D eigenvalue weighted by molar-refractivity contribution is -0.126. The number of piperidine rings is 1.